The highest BCUT2D eigenvalue weighted by molar-refractivity contribution is 14.1. The molecular weight excluding hydrogens is 654 g/mol. The quantitative estimate of drug-likeness (QED) is 0.191. The maximum absolute atomic E-state index is 12.9. The Labute approximate surface area is 218 Å². The van der Waals surface area contributed by atoms with Crippen LogP contribution in [0.2, 0.25) is 5.02 Å². The molecule has 0 saturated carbocycles. The van der Waals surface area contributed by atoms with Gasteiger partial charge in [-0.05, 0) is 99.6 Å². The van der Waals surface area contributed by atoms with Crippen LogP contribution in [0.3, 0.4) is 0 Å². The van der Waals surface area contributed by atoms with Gasteiger partial charge in [0.25, 0.3) is 5.91 Å². The van der Waals surface area contributed by atoms with Gasteiger partial charge >= 0.3 is 6.03 Å². The summed E-state index contributed by atoms with van der Waals surface area (Å²) in [6.45, 7) is 2.52. The van der Waals surface area contributed by atoms with Gasteiger partial charge in [0.1, 0.15) is 18.1 Å². The van der Waals surface area contributed by atoms with E-state index in [0.29, 0.717) is 17.3 Å². The van der Waals surface area contributed by atoms with Crippen LogP contribution in [0.25, 0.3) is 6.08 Å². The third-order valence-electron chi connectivity index (χ3n) is 4.74. The number of hydrogen-bond acceptors (Lipinski definition) is 3. The van der Waals surface area contributed by atoms with E-state index in [4.69, 9.17) is 16.3 Å². The Hall–Kier alpha value is -2.11. The number of ether oxygens (including phenoxy) is 1. The molecule has 1 aliphatic heterocycles. The molecule has 3 amide bonds. The summed E-state index contributed by atoms with van der Waals surface area (Å²) in [7, 11) is 0. The van der Waals surface area contributed by atoms with Gasteiger partial charge in [-0.1, -0.05) is 47.5 Å². The zero-order chi connectivity index (χ0) is 22.8. The van der Waals surface area contributed by atoms with E-state index in [9.17, 15) is 9.59 Å². The van der Waals surface area contributed by atoms with Crippen molar-refractivity contribution in [1.29, 1.82) is 0 Å². The van der Waals surface area contributed by atoms with Crippen LogP contribution in [0.4, 0.5) is 10.5 Å². The fourth-order valence-corrected chi connectivity index (χ4v) is 5.62. The summed E-state index contributed by atoms with van der Waals surface area (Å²) in [5.74, 6) is 0.360. The number of urea groups is 1. The number of halogens is 3. The third kappa shape index (κ3) is 5.10. The van der Waals surface area contributed by atoms with Gasteiger partial charge in [0.15, 0.2) is 0 Å². The molecular formula is C24H17ClI2N2O3. The maximum atomic E-state index is 12.9. The van der Waals surface area contributed by atoms with Gasteiger partial charge < -0.3 is 10.1 Å². The van der Waals surface area contributed by atoms with Crippen LogP contribution in [-0.4, -0.2) is 11.9 Å². The number of benzene rings is 3. The van der Waals surface area contributed by atoms with E-state index in [1.165, 1.54) is 5.56 Å². The first-order chi connectivity index (χ1) is 15.3. The standard InChI is InChI=1S/C24H17ClI2N2O3/c1-14-4-2-5-15(8-14)13-32-22-19(26)9-16(10-20(22)27)11-21-23(30)29(24(31)28-21)18-7-3-6-17(25)12-18/h2-12H,13H2,1H3,(H,28,31)/b21-11+. The number of rotatable bonds is 5. The summed E-state index contributed by atoms with van der Waals surface area (Å²) in [4.78, 5) is 26.4. The van der Waals surface area contributed by atoms with E-state index in [0.717, 1.165) is 28.9 Å². The summed E-state index contributed by atoms with van der Waals surface area (Å²) in [5.41, 5.74) is 3.71. The van der Waals surface area contributed by atoms with Crippen LogP contribution in [0, 0.1) is 14.1 Å². The van der Waals surface area contributed by atoms with E-state index in [2.05, 4.69) is 69.6 Å². The average Bonchev–Trinajstić information content (AvgIpc) is 3.00. The molecule has 0 aliphatic carbocycles. The van der Waals surface area contributed by atoms with Crippen molar-refractivity contribution in [2.45, 2.75) is 13.5 Å². The fourth-order valence-electron chi connectivity index (χ4n) is 3.31. The highest BCUT2D eigenvalue weighted by Crippen LogP contribution is 2.31. The SMILES string of the molecule is Cc1cccc(COc2c(I)cc(/C=C3/NC(=O)N(c4cccc(Cl)c4)C3=O)cc2I)c1. The van der Waals surface area contributed by atoms with Gasteiger partial charge in [0, 0.05) is 5.02 Å². The normalized spacial score (nSPS) is 14.8. The van der Waals surface area contributed by atoms with Gasteiger partial charge in [0.05, 0.1) is 12.8 Å². The molecule has 0 radical (unpaired) electrons. The molecule has 3 aromatic carbocycles. The largest absolute Gasteiger partial charge is 0.487 e. The molecule has 5 nitrogen and oxygen atoms in total. The molecule has 1 saturated heterocycles. The van der Waals surface area contributed by atoms with Gasteiger partial charge in [-0.15, -0.1) is 0 Å². The van der Waals surface area contributed by atoms with E-state index in [1.54, 1.807) is 30.3 Å². The molecule has 3 aromatic rings. The van der Waals surface area contributed by atoms with E-state index < -0.39 is 11.9 Å². The topological polar surface area (TPSA) is 58.6 Å². The lowest BCUT2D eigenvalue weighted by Gasteiger charge is -2.12. The van der Waals surface area contributed by atoms with Crippen LogP contribution < -0.4 is 15.0 Å². The van der Waals surface area contributed by atoms with Crippen LogP contribution in [-0.2, 0) is 11.4 Å². The molecule has 1 N–H and O–H groups in total. The first-order valence-corrected chi connectivity index (χ1v) is 12.2. The van der Waals surface area contributed by atoms with Crippen LogP contribution in [0.5, 0.6) is 5.75 Å². The monoisotopic (exact) mass is 670 g/mol. The molecule has 0 unspecified atom stereocenters. The van der Waals surface area contributed by atoms with E-state index >= 15 is 0 Å². The lowest BCUT2D eigenvalue weighted by Crippen LogP contribution is -2.30. The number of carbonyl (C=O) groups is 2. The third-order valence-corrected chi connectivity index (χ3v) is 6.58. The number of hydrogen-bond donors (Lipinski definition) is 1. The second-order valence-corrected chi connectivity index (χ2v) is 9.96. The van der Waals surface area contributed by atoms with Crippen LogP contribution in [0.1, 0.15) is 16.7 Å². The van der Waals surface area contributed by atoms with Gasteiger partial charge in [-0.3, -0.25) is 4.79 Å². The maximum Gasteiger partial charge on any atom is 0.333 e. The van der Waals surface area contributed by atoms with Crippen molar-refractivity contribution in [3.05, 3.63) is 95.2 Å². The first kappa shape index (κ1) is 23.1. The Kier molecular flexibility index (Phi) is 7.06. The number of aryl methyl sites for hydroxylation is 1. The second-order valence-electron chi connectivity index (χ2n) is 7.20. The van der Waals surface area contributed by atoms with E-state index in [-0.39, 0.29) is 5.70 Å². The summed E-state index contributed by atoms with van der Waals surface area (Å²) < 4.78 is 7.89. The zero-order valence-electron chi connectivity index (χ0n) is 16.9. The molecule has 0 atom stereocenters. The highest BCUT2D eigenvalue weighted by Gasteiger charge is 2.35. The minimum absolute atomic E-state index is 0.204. The summed E-state index contributed by atoms with van der Waals surface area (Å²) in [6, 6.07) is 18.1. The molecule has 32 heavy (non-hydrogen) atoms. The summed E-state index contributed by atoms with van der Waals surface area (Å²) >= 11 is 10.4. The molecule has 162 valence electrons. The lowest BCUT2D eigenvalue weighted by molar-refractivity contribution is -0.113. The smallest absolute Gasteiger partial charge is 0.333 e. The summed E-state index contributed by atoms with van der Waals surface area (Å²) in [6.07, 6.45) is 1.67. The van der Waals surface area contributed by atoms with Crippen molar-refractivity contribution in [2.24, 2.45) is 0 Å². The van der Waals surface area contributed by atoms with Crippen LogP contribution in [0.15, 0.2) is 66.4 Å². The Bertz CT molecular complexity index is 1240. The molecule has 0 spiro atoms. The lowest BCUT2D eigenvalue weighted by atomic mass is 10.1. The molecule has 8 heteroatoms. The average molecular weight is 671 g/mol. The molecule has 1 aliphatic rings. The molecule has 4 rings (SSSR count). The minimum Gasteiger partial charge on any atom is -0.487 e. The number of imide groups is 1. The fraction of sp³-hybridized carbons (Fsp3) is 0.0833. The van der Waals surface area contributed by atoms with Crippen molar-refractivity contribution in [2.75, 3.05) is 4.90 Å². The highest BCUT2D eigenvalue weighted by atomic mass is 127. The molecule has 0 aromatic heterocycles. The zero-order valence-corrected chi connectivity index (χ0v) is 21.9. The van der Waals surface area contributed by atoms with Crippen LogP contribution >= 0.6 is 56.8 Å². The van der Waals surface area contributed by atoms with Gasteiger partial charge in [-0.2, -0.15) is 0 Å². The van der Waals surface area contributed by atoms with E-state index in [1.807, 2.05) is 24.3 Å². The van der Waals surface area contributed by atoms with Crippen molar-refractivity contribution in [1.82, 2.24) is 5.32 Å². The first-order valence-electron chi connectivity index (χ1n) is 9.62. The van der Waals surface area contributed by atoms with Gasteiger partial charge in [-0.25, -0.2) is 9.69 Å². The Morgan fingerprint density at radius 2 is 1.75 bits per heavy atom. The summed E-state index contributed by atoms with van der Waals surface area (Å²) in [5, 5.41) is 3.09. The van der Waals surface area contributed by atoms with Crippen molar-refractivity contribution in [3.63, 3.8) is 0 Å². The van der Waals surface area contributed by atoms with Crippen molar-refractivity contribution >= 4 is 80.5 Å². The Balaban J connectivity index is 1.55. The number of carbonyl (C=O) groups excluding carboxylic acids is 2. The minimum atomic E-state index is -0.508. The number of anilines is 1. The van der Waals surface area contributed by atoms with Crippen molar-refractivity contribution < 1.29 is 14.3 Å². The van der Waals surface area contributed by atoms with Gasteiger partial charge in [0.2, 0.25) is 0 Å². The Morgan fingerprint density at radius 3 is 2.44 bits per heavy atom. The number of nitrogens with zero attached hydrogens (tertiary/aromatic N) is 1. The predicted molar refractivity (Wildman–Crippen MR) is 143 cm³/mol. The molecule has 1 heterocycles. The molecule has 0 bridgehead atoms. The predicted octanol–water partition coefficient (Wildman–Crippen LogP) is 6.53. The van der Waals surface area contributed by atoms with Crippen molar-refractivity contribution in [3.8, 4) is 5.75 Å². The number of nitrogens with one attached hydrogen (secondary N) is 1. The molecule has 1 fully saturated rings. The number of amides is 3. The Morgan fingerprint density at radius 1 is 1.03 bits per heavy atom. The second kappa shape index (κ2) is 9.80.